The number of piperidine rings is 1. The molecule has 0 saturated carbocycles. The van der Waals surface area contributed by atoms with E-state index in [0.717, 1.165) is 19.3 Å². The molecule has 0 aromatic carbocycles. The second-order valence-corrected chi connectivity index (χ2v) is 7.71. The molecule has 0 radical (unpaired) electrons. The van der Waals surface area contributed by atoms with Crippen molar-refractivity contribution in [3.63, 3.8) is 0 Å². The van der Waals surface area contributed by atoms with Gasteiger partial charge in [-0.2, -0.15) is 0 Å². The highest BCUT2D eigenvalue weighted by Gasteiger charge is 2.37. The zero-order valence-electron chi connectivity index (χ0n) is 13.8. The predicted octanol–water partition coefficient (Wildman–Crippen LogP) is 3.78. The molecule has 0 bridgehead atoms. The number of rotatable bonds is 3. The maximum atomic E-state index is 12.4. The minimum atomic E-state index is -0.482. The van der Waals surface area contributed by atoms with E-state index in [-0.39, 0.29) is 23.3 Å². The second kappa shape index (κ2) is 6.15. The van der Waals surface area contributed by atoms with Crippen molar-refractivity contribution in [3.05, 3.63) is 0 Å². The van der Waals surface area contributed by atoms with Crippen LogP contribution in [0.4, 0.5) is 4.79 Å². The minimum absolute atomic E-state index is 0.115. The fourth-order valence-electron chi connectivity index (χ4n) is 2.59. The molecule has 20 heavy (non-hydrogen) atoms. The summed E-state index contributed by atoms with van der Waals surface area (Å²) in [5.74, 6) is 0.180. The van der Waals surface area contributed by atoms with Crippen LogP contribution in [0.2, 0.25) is 0 Å². The predicted molar refractivity (Wildman–Crippen MR) is 79.7 cm³/mol. The smallest absolute Gasteiger partial charge is 0.410 e. The van der Waals surface area contributed by atoms with Gasteiger partial charge >= 0.3 is 6.09 Å². The van der Waals surface area contributed by atoms with E-state index in [9.17, 15) is 9.59 Å². The van der Waals surface area contributed by atoms with E-state index in [1.165, 1.54) is 0 Å². The fraction of sp³-hybridized carbons (Fsp3) is 0.875. The van der Waals surface area contributed by atoms with Crippen molar-refractivity contribution in [3.8, 4) is 0 Å². The van der Waals surface area contributed by atoms with Crippen LogP contribution in [0.25, 0.3) is 0 Å². The Morgan fingerprint density at radius 2 is 1.90 bits per heavy atom. The van der Waals surface area contributed by atoms with Crippen molar-refractivity contribution in [2.45, 2.75) is 78.9 Å². The molecule has 4 heteroatoms. The number of hydrogen-bond donors (Lipinski definition) is 0. The summed E-state index contributed by atoms with van der Waals surface area (Å²) in [6, 6.07) is 0.127. The molecule has 0 spiro atoms. The van der Waals surface area contributed by atoms with Gasteiger partial charge in [0.15, 0.2) is 0 Å². The summed E-state index contributed by atoms with van der Waals surface area (Å²) < 4.78 is 5.51. The topological polar surface area (TPSA) is 46.6 Å². The Bertz CT molecular complexity index is 368. The molecule has 1 unspecified atom stereocenters. The monoisotopic (exact) mass is 283 g/mol. The largest absolute Gasteiger partial charge is 0.444 e. The molecular formula is C16H29NO3. The van der Waals surface area contributed by atoms with Crippen molar-refractivity contribution < 1.29 is 14.3 Å². The van der Waals surface area contributed by atoms with Gasteiger partial charge in [-0.25, -0.2) is 4.79 Å². The van der Waals surface area contributed by atoms with E-state index in [0.29, 0.717) is 13.0 Å². The quantitative estimate of drug-likeness (QED) is 0.792. The molecule has 1 amide bonds. The van der Waals surface area contributed by atoms with Gasteiger partial charge in [0.2, 0.25) is 0 Å². The number of nitrogens with zero attached hydrogens (tertiary/aromatic N) is 1. The highest BCUT2D eigenvalue weighted by molar-refractivity contribution is 5.75. The summed E-state index contributed by atoms with van der Waals surface area (Å²) in [5, 5.41) is 0. The Labute approximate surface area is 122 Å². The van der Waals surface area contributed by atoms with E-state index in [4.69, 9.17) is 4.74 Å². The fourth-order valence-corrected chi connectivity index (χ4v) is 2.59. The molecule has 0 aliphatic carbocycles. The van der Waals surface area contributed by atoms with Crippen LogP contribution in [-0.4, -0.2) is 35.0 Å². The molecule has 1 fully saturated rings. The van der Waals surface area contributed by atoms with Gasteiger partial charge in [-0.1, -0.05) is 13.8 Å². The first-order chi connectivity index (χ1) is 9.00. The van der Waals surface area contributed by atoms with Crippen LogP contribution >= 0.6 is 0 Å². The third-order valence-electron chi connectivity index (χ3n) is 3.65. The lowest BCUT2D eigenvalue weighted by Gasteiger charge is -2.44. The highest BCUT2D eigenvalue weighted by atomic mass is 16.6. The SMILES string of the molecule is CC(=O)CCC1CCC(C)(C)CN1C(=O)OC(C)(C)C. The molecule has 1 rings (SSSR count). The third kappa shape index (κ3) is 5.51. The number of ether oxygens (including phenoxy) is 1. The van der Waals surface area contributed by atoms with Crippen molar-refractivity contribution in [2.24, 2.45) is 5.41 Å². The molecule has 116 valence electrons. The molecule has 1 atom stereocenters. The molecule has 1 heterocycles. The zero-order valence-corrected chi connectivity index (χ0v) is 13.8. The van der Waals surface area contributed by atoms with Crippen LogP contribution in [0.5, 0.6) is 0 Å². The van der Waals surface area contributed by atoms with Gasteiger partial charge in [0.25, 0.3) is 0 Å². The number of ketones is 1. The van der Waals surface area contributed by atoms with Gasteiger partial charge in [-0.3, -0.25) is 0 Å². The van der Waals surface area contributed by atoms with Gasteiger partial charge in [0.05, 0.1) is 0 Å². The maximum absolute atomic E-state index is 12.4. The van der Waals surface area contributed by atoms with Gasteiger partial charge in [0.1, 0.15) is 11.4 Å². The molecule has 4 nitrogen and oxygen atoms in total. The molecular weight excluding hydrogens is 254 g/mol. The van der Waals surface area contributed by atoms with Gasteiger partial charge in [0, 0.05) is 19.0 Å². The van der Waals surface area contributed by atoms with Crippen molar-refractivity contribution in [1.29, 1.82) is 0 Å². The number of Topliss-reactive ketones (excluding diaryl/α,β-unsaturated/α-hetero) is 1. The first-order valence-electron chi connectivity index (χ1n) is 7.49. The standard InChI is InChI=1S/C16H29NO3/c1-12(18)7-8-13-9-10-16(5,6)11-17(13)14(19)20-15(2,3)4/h13H,7-11H2,1-6H3. The average Bonchev–Trinajstić information content (AvgIpc) is 2.23. The Kier molecular flexibility index (Phi) is 5.22. The van der Waals surface area contributed by atoms with Gasteiger partial charge < -0.3 is 14.4 Å². The van der Waals surface area contributed by atoms with E-state index >= 15 is 0 Å². The summed E-state index contributed by atoms with van der Waals surface area (Å²) in [4.78, 5) is 25.4. The summed E-state index contributed by atoms with van der Waals surface area (Å²) in [6.45, 7) is 12.3. The van der Waals surface area contributed by atoms with Crippen LogP contribution in [-0.2, 0) is 9.53 Å². The molecule has 1 aliphatic heterocycles. The van der Waals surface area contributed by atoms with Gasteiger partial charge in [-0.15, -0.1) is 0 Å². The normalized spacial score (nSPS) is 22.5. The van der Waals surface area contributed by atoms with Crippen molar-refractivity contribution >= 4 is 11.9 Å². The first kappa shape index (κ1) is 17.0. The van der Waals surface area contributed by atoms with Crippen LogP contribution in [0.1, 0.15) is 67.2 Å². The van der Waals surface area contributed by atoms with E-state index in [2.05, 4.69) is 13.8 Å². The number of hydrogen-bond acceptors (Lipinski definition) is 3. The molecule has 0 aromatic heterocycles. The lowest BCUT2D eigenvalue weighted by molar-refractivity contribution is -0.117. The van der Waals surface area contributed by atoms with Crippen LogP contribution in [0.3, 0.4) is 0 Å². The number of amides is 1. The van der Waals surface area contributed by atoms with Crippen molar-refractivity contribution in [2.75, 3.05) is 6.54 Å². The summed E-state index contributed by atoms with van der Waals surface area (Å²) >= 11 is 0. The Balaban J connectivity index is 2.76. The highest BCUT2D eigenvalue weighted by Crippen LogP contribution is 2.34. The Morgan fingerprint density at radius 1 is 1.30 bits per heavy atom. The second-order valence-electron chi connectivity index (χ2n) is 7.71. The van der Waals surface area contributed by atoms with E-state index < -0.39 is 5.60 Å². The van der Waals surface area contributed by atoms with E-state index in [1.807, 2.05) is 25.7 Å². The van der Waals surface area contributed by atoms with E-state index in [1.54, 1.807) is 6.92 Å². The molecule has 0 aromatic rings. The Morgan fingerprint density at radius 3 is 2.40 bits per heavy atom. The first-order valence-corrected chi connectivity index (χ1v) is 7.49. The lowest BCUT2D eigenvalue weighted by atomic mass is 9.80. The molecule has 1 saturated heterocycles. The summed E-state index contributed by atoms with van der Waals surface area (Å²) in [6.07, 6.45) is 3.04. The maximum Gasteiger partial charge on any atom is 0.410 e. The molecule has 1 aliphatic rings. The zero-order chi connectivity index (χ0) is 15.6. The summed E-state index contributed by atoms with van der Waals surface area (Å²) in [5.41, 5.74) is -0.368. The Hall–Kier alpha value is -1.06. The third-order valence-corrected chi connectivity index (χ3v) is 3.65. The number of carbonyl (C=O) groups is 2. The van der Waals surface area contributed by atoms with Gasteiger partial charge in [-0.05, 0) is 52.4 Å². The lowest BCUT2D eigenvalue weighted by Crippen LogP contribution is -2.51. The number of carbonyl (C=O) groups excluding carboxylic acids is 2. The van der Waals surface area contributed by atoms with Crippen LogP contribution in [0.15, 0.2) is 0 Å². The van der Waals surface area contributed by atoms with Crippen LogP contribution in [0, 0.1) is 5.41 Å². The number of likely N-dealkylation sites (tertiary alicyclic amines) is 1. The minimum Gasteiger partial charge on any atom is -0.444 e. The average molecular weight is 283 g/mol. The van der Waals surface area contributed by atoms with Crippen molar-refractivity contribution in [1.82, 2.24) is 4.90 Å². The summed E-state index contributed by atoms with van der Waals surface area (Å²) in [7, 11) is 0. The van der Waals surface area contributed by atoms with Crippen LogP contribution < -0.4 is 0 Å². The molecule has 0 N–H and O–H groups in total.